The monoisotopic (exact) mass is 254 g/mol. The van der Waals surface area contributed by atoms with E-state index in [2.05, 4.69) is 4.99 Å². The topological polar surface area (TPSA) is 56.8 Å². The van der Waals surface area contributed by atoms with Crippen LogP contribution in [0, 0.1) is 0 Å². The summed E-state index contributed by atoms with van der Waals surface area (Å²) in [6.45, 7) is 4.55. The normalized spacial score (nSPS) is 17.5. The molecule has 0 saturated heterocycles. The van der Waals surface area contributed by atoms with E-state index >= 15 is 0 Å². The minimum Gasteiger partial charge on any atom is -0.495 e. The summed E-state index contributed by atoms with van der Waals surface area (Å²) in [6.07, 6.45) is 0. The SMILES string of the molecule is COc1cc(N)c(C2=NC(C)(C)CO2)cc1Cl. The van der Waals surface area contributed by atoms with E-state index in [1.165, 1.54) is 0 Å². The molecule has 0 spiro atoms. The van der Waals surface area contributed by atoms with Crippen molar-refractivity contribution < 1.29 is 9.47 Å². The molecule has 0 radical (unpaired) electrons. The van der Waals surface area contributed by atoms with Gasteiger partial charge in [0.2, 0.25) is 5.90 Å². The third kappa shape index (κ3) is 2.31. The molecule has 2 N–H and O–H groups in total. The van der Waals surface area contributed by atoms with Gasteiger partial charge in [-0.15, -0.1) is 0 Å². The van der Waals surface area contributed by atoms with Gasteiger partial charge in [-0.2, -0.15) is 0 Å². The smallest absolute Gasteiger partial charge is 0.218 e. The van der Waals surface area contributed by atoms with Crippen LogP contribution in [0.2, 0.25) is 5.02 Å². The van der Waals surface area contributed by atoms with Crippen molar-refractivity contribution in [3.05, 3.63) is 22.7 Å². The number of rotatable bonds is 2. The zero-order valence-electron chi connectivity index (χ0n) is 10.1. The molecular formula is C12H15ClN2O2. The summed E-state index contributed by atoms with van der Waals surface area (Å²) < 4.78 is 10.6. The van der Waals surface area contributed by atoms with Gasteiger partial charge < -0.3 is 15.2 Å². The average Bonchev–Trinajstić information content (AvgIpc) is 2.61. The Kier molecular flexibility index (Phi) is 2.91. The predicted molar refractivity (Wildman–Crippen MR) is 69.0 cm³/mol. The van der Waals surface area contributed by atoms with Crippen molar-refractivity contribution in [2.75, 3.05) is 19.5 Å². The molecule has 0 bridgehead atoms. The molecule has 0 atom stereocenters. The molecule has 1 aromatic carbocycles. The van der Waals surface area contributed by atoms with Crippen molar-refractivity contribution in [3.8, 4) is 5.75 Å². The molecule has 4 nitrogen and oxygen atoms in total. The first-order valence-corrected chi connectivity index (χ1v) is 5.67. The fourth-order valence-electron chi connectivity index (χ4n) is 1.63. The van der Waals surface area contributed by atoms with E-state index in [0.29, 0.717) is 34.5 Å². The van der Waals surface area contributed by atoms with Crippen LogP contribution in [0.3, 0.4) is 0 Å². The summed E-state index contributed by atoms with van der Waals surface area (Å²) in [4.78, 5) is 4.46. The van der Waals surface area contributed by atoms with Crippen molar-refractivity contribution in [2.24, 2.45) is 4.99 Å². The molecule has 2 rings (SSSR count). The standard InChI is InChI=1S/C12H15ClN2O2/c1-12(2)6-17-11(15-12)7-4-8(13)10(16-3)5-9(7)14/h4-5H,6,14H2,1-3H3. The van der Waals surface area contributed by atoms with Gasteiger partial charge in [0.1, 0.15) is 12.4 Å². The molecule has 92 valence electrons. The van der Waals surface area contributed by atoms with E-state index in [1.54, 1.807) is 19.2 Å². The number of halogens is 1. The molecule has 17 heavy (non-hydrogen) atoms. The van der Waals surface area contributed by atoms with Crippen LogP contribution in [0.15, 0.2) is 17.1 Å². The molecule has 0 aliphatic carbocycles. The van der Waals surface area contributed by atoms with Gasteiger partial charge in [0.25, 0.3) is 0 Å². The number of nitrogens with two attached hydrogens (primary N) is 1. The van der Waals surface area contributed by atoms with Crippen LogP contribution in [0.25, 0.3) is 0 Å². The molecular weight excluding hydrogens is 240 g/mol. The van der Waals surface area contributed by atoms with Crippen LogP contribution < -0.4 is 10.5 Å². The fourth-order valence-corrected chi connectivity index (χ4v) is 1.87. The molecule has 1 aliphatic heterocycles. The van der Waals surface area contributed by atoms with Crippen molar-refractivity contribution in [1.29, 1.82) is 0 Å². The van der Waals surface area contributed by atoms with Crippen LogP contribution in [-0.2, 0) is 4.74 Å². The highest BCUT2D eigenvalue weighted by Crippen LogP contribution is 2.32. The number of benzene rings is 1. The summed E-state index contributed by atoms with van der Waals surface area (Å²) >= 11 is 6.06. The van der Waals surface area contributed by atoms with Gasteiger partial charge in [0, 0.05) is 11.8 Å². The van der Waals surface area contributed by atoms with Crippen LogP contribution >= 0.6 is 11.6 Å². The third-order valence-electron chi connectivity index (χ3n) is 2.52. The number of hydrogen-bond donors (Lipinski definition) is 1. The Hall–Kier alpha value is -1.42. The van der Waals surface area contributed by atoms with Gasteiger partial charge in [-0.05, 0) is 19.9 Å². The van der Waals surface area contributed by atoms with Crippen molar-refractivity contribution in [1.82, 2.24) is 0 Å². The molecule has 1 heterocycles. The van der Waals surface area contributed by atoms with Crippen LogP contribution in [0.1, 0.15) is 19.4 Å². The molecule has 0 saturated carbocycles. The first-order valence-electron chi connectivity index (χ1n) is 5.29. The molecule has 5 heteroatoms. The Morgan fingerprint density at radius 3 is 2.71 bits per heavy atom. The van der Waals surface area contributed by atoms with Gasteiger partial charge >= 0.3 is 0 Å². The van der Waals surface area contributed by atoms with Gasteiger partial charge in [0.15, 0.2) is 0 Å². The highest BCUT2D eigenvalue weighted by atomic mass is 35.5. The minimum atomic E-state index is -0.214. The lowest BCUT2D eigenvalue weighted by Crippen LogP contribution is -2.17. The summed E-state index contributed by atoms with van der Waals surface area (Å²) in [6, 6.07) is 3.39. The van der Waals surface area contributed by atoms with E-state index in [9.17, 15) is 0 Å². The first kappa shape index (κ1) is 12.0. The number of ether oxygens (including phenoxy) is 2. The Labute approximate surface area is 105 Å². The largest absolute Gasteiger partial charge is 0.495 e. The second kappa shape index (κ2) is 4.11. The lowest BCUT2D eigenvalue weighted by molar-refractivity contribution is 0.279. The van der Waals surface area contributed by atoms with E-state index in [-0.39, 0.29) is 5.54 Å². The van der Waals surface area contributed by atoms with E-state index in [4.69, 9.17) is 26.8 Å². The van der Waals surface area contributed by atoms with Crippen molar-refractivity contribution in [2.45, 2.75) is 19.4 Å². The number of aliphatic imine (C=N–C) groups is 1. The van der Waals surface area contributed by atoms with Crippen LogP contribution in [0.4, 0.5) is 5.69 Å². The van der Waals surface area contributed by atoms with Crippen molar-refractivity contribution in [3.63, 3.8) is 0 Å². The fraction of sp³-hybridized carbons (Fsp3) is 0.417. The molecule has 1 aromatic rings. The summed E-state index contributed by atoms with van der Waals surface area (Å²) in [5.41, 5.74) is 6.97. The first-order chi connectivity index (χ1) is 7.93. The zero-order chi connectivity index (χ0) is 12.6. The molecule has 0 unspecified atom stereocenters. The van der Waals surface area contributed by atoms with Gasteiger partial charge in [-0.1, -0.05) is 11.6 Å². The maximum atomic E-state index is 6.06. The van der Waals surface area contributed by atoms with Crippen LogP contribution in [-0.4, -0.2) is 25.2 Å². The number of methoxy groups -OCH3 is 1. The van der Waals surface area contributed by atoms with Gasteiger partial charge in [-0.25, -0.2) is 4.99 Å². The number of anilines is 1. The van der Waals surface area contributed by atoms with Crippen molar-refractivity contribution >= 4 is 23.2 Å². The van der Waals surface area contributed by atoms with Gasteiger partial charge in [-0.3, -0.25) is 0 Å². The second-order valence-corrected chi connectivity index (χ2v) is 5.00. The molecule has 0 fully saturated rings. The van der Waals surface area contributed by atoms with Gasteiger partial charge in [0.05, 0.1) is 23.2 Å². The lowest BCUT2D eigenvalue weighted by Gasteiger charge is -2.09. The zero-order valence-corrected chi connectivity index (χ0v) is 10.8. The van der Waals surface area contributed by atoms with E-state index < -0.39 is 0 Å². The minimum absolute atomic E-state index is 0.214. The van der Waals surface area contributed by atoms with Crippen LogP contribution in [0.5, 0.6) is 5.75 Å². The highest BCUT2D eigenvalue weighted by Gasteiger charge is 2.28. The Bertz CT molecular complexity index is 484. The Morgan fingerprint density at radius 1 is 1.47 bits per heavy atom. The summed E-state index contributed by atoms with van der Waals surface area (Å²) in [7, 11) is 1.55. The molecule has 0 aromatic heterocycles. The second-order valence-electron chi connectivity index (χ2n) is 4.59. The maximum Gasteiger partial charge on any atom is 0.218 e. The summed E-state index contributed by atoms with van der Waals surface area (Å²) in [5, 5.41) is 0.493. The Balaban J connectivity index is 2.44. The quantitative estimate of drug-likeness (QED) is 0.825. The molecule has 0 amide bonds. The number of hydrogen-bond acceptors (Lipinski definition) is 4. The Morgan fingerprint density at radius 2 is 2.18 bits per heavy atom. The van der Waals surface area contributed by atoms with E-state index in [1.807, 2.05) is 13.8 Å². The molecule has 1 aliphatic rings. The average molecular weight is 255 g/mol. The third-order valence-corrected chi connectivity index (χ3v) is 2.82. The number of nitrogens with zero attached hydrogens (tertiary/aromatic N) is 1. The lowest BCUT2D eigenvalue weighted by atomic mass is 10.1. The highest BCUT2D eigenvalue weighted by molar-refractivity contribution is 6.32. The maximum absolute atomic E-state index is 6.06. The van der Waals surface area contributed by atoms with E-state index in [0.717, 1.165) is 0 Å². The number of nitrogen functional groups attached to an aromatic ring is 1. The summed E-state index contributed by atoms with van der Waals surface area (Å²) in [5.74, 6) is 1.09. The predicted octanol–water partition coefficient (Wildman–Crippen LogP) is 2.49.